The molecule has 0 saturated carbocycles. The normalized spacial score (nSPS) is 37.1. The van der Waals surface area contributed by atoms with Crippen LogP contribution in [0.15, 0.2) is 48.5 Å². The van der Waals surface area contributed by atoms with E-state index in [0.717, 1.165) is 13.1 Å². The molecule has 4 aliphatic rings. The van der Waals surface area contributed by atoms with Gasteiger partial charge in [0.15, 0.2) is 0 Å². The van der Waals surface area contributed by atoms with Crippen molar-refractivity contribution in [2.24, 2.45) is 0 Å². The zero-order valence-corrected chi connectivity index (χ0v) is 16.4. The molecule has 0 amide bonds. The molecule has 4 nitrogen and oxygen atoms in total. The van der Waals surface area contributed by atoms with Crippen molar-refractivity contribution in [1.82, 2.24) is 9.80 Å². The molecule has 140 valence electrons. The Morgan fingerprint density at radius 3 is 2.33 bits per heavy atom. The van der Waals surface area contributed by atoms with Crippen LogP contribution < -0.4 is 10.2 Å². The molecule has 4 aliphatic heterocycles. The second-order valence-electron chi connectivity index (χ2n) is 9.00. The minimum atomic E-state index is 0.106. The number of hydrogen-bond acceptors (Lipinski definition) is 4. The molecule has 27 heavy (non-hydrogen) atoms. The topological polar surface area (TPSA) is 21.8 Å². The van der Waals surface area contributed by atoms with Crippen molar-refractivity contribution in [2.45, 2.75) is 36.0 Å². The molecular weight excluding hydrogens is 332 g/mol. The monoisotopic (exact) mass is 360 g/mol. The number of rotatable bonds is 1. The number of para-hydroxylation sites is 2. The van der Waals surface area contributed by atoms with Crippen molar-refractivity contribution < 1.29 is 0 Å². The number of hydrogen-bond donors (Lipinski definition) is 1. The molecular formula is C23H28N4. The quantitative estimate of drug-likeness (QED) is 0.844. The summed E-state index contributed by atoms with van der Waals surface area (Å²) in [5.74, 6) is 0. The molecule has 4 heteroatoms. The van der Waals surface area contributed by atoms with Crippen LogP contribution in [-0.4, -0.2) is 56.4 Å². The van der Waals surface area contributed by atoms with Crippen LogP contribution >= 0.6 is 0 Å². The number of likely N-dealkylation sites (N-methyl/N-ethyl adjacent to an activating group) is 3. The van der Waals surface area contributed by atoms with E-state index in [1.807, 2.05) is 0 Å². The number of nitrogens with one attached hydrogen (secondary N) is 1. The van der Waals surface area contributed by atoms with Crippen LogP contribution in [-0.2, 0) is 10.8 Å². The van der Waals surface area contributed by atoms with Gasteiger partial charge in [-0.15, -0.1) is 0 Å². The highest BCUT2D eigenvalue weighted by Crippen LogP contribution is 2.67. The second-order valence-corrected chi connectivity index (χ2v) is 9.00. The van der Waals surface area contributed by atoms with Crippen molar-refractivity contribution in [3.05, 3.63) is 59.7 Å². The summed E-state index contributed by atoms with van der Waals surface area (Å²) < 4.78 is 0. The van der Waals surface area contributed by atoms with E-state index in [0.29, 0.717) is 12.3 Å². The summed E-state index contributed by atoms with van der Waals surface area (Å²) >= 11 is 0. The molecule has 0 spiro atoms. The van der Waals surface area contributed by atoms with Gasteiger partial charge in [-0.05, 0) is 50.2 Å². The third-order valence-electron chi connectivity index (χ3n) is 8.11. The summed E-state index contributed by atoms with van der Waals surface area (Å²) in [4.78, 5) is 7.68. The van der Waals surface area contributed by atoms with Gasteiger partial charge in [0.25, 0.3) is 0 Å². The Balaban J connectivity index is 1.69. The Labute approximate surface area is 161 Å². The maximum atomic E-state index is 3.92. The van der Waals surface area contributed by atoms with Gasteiger partial charge in [0, 0.05) is 42.3 Å². The van der Waals surface area contributed by atoms with Gasteiger partial charge < -0.3 is 10.2 Å². The van der Waals surface area contributed by atoms with Gasteiger partial charge in [-0.25, -0.2) is 0 Å². The highest BCUT2D eigenvalue weighted by Gasteiger charge is 2.72. The van der Waals surface area contributed by atoms with Gasteiger partial charge in [0.1, 0.15) is 0 Å². The first-order chi connectivity index (χ1) is 13.1. The maximum absolute atomic E-state index is 3.92. The van der Waals surface area contributed by atoms with Crippen LogP contribution in [0.25, 0.3) is 0 Å². The predicted molar refractivity (Wildman–Crippen MR) is 110 cm³/mol. The summed E-state index contributed by atoms with van der Waals surface area (Å²) in [6.07, 6.45) is 3.21. The van der Waals surface area contributed by atoms with Gasteiger partial charge in [-0.3, -0.25) is 9.80 Å². The lowest BCUT2D eigenvalue weighted by molar-refractivity contribution is 0.136. The van der Waals surface area contributed by atoms with Crippen molar-refractivity contribution in [1.29, 1.82) is 0 Å². The van der Waals surface area contributed by atoms with E-state index >= 15 is 0 Å². The van der Waals surface area contributed by atoms with Gasteiger partial charge in [-0.2, -0.15) is 0 Å². The first-order valence-electron chi connectivity index (χ1n) is 10.2. The lowest BCUT2D eigenvalue weighted by Gasteiger charge is -2.49. The fourth-order valence-electron chi connectivity index (χ4n) is 7.23. The SMILES string of the molecule is CN1CC[C@@]2([C@@]34CCN(C)[C@@H]3Nc3ccccc34)c3ccccc3N(C)[C@@H]12. The number of benzene rings is 2. The molecule has 2 saturated heterocycles. The van der Waals surface area contributed by atoms with E-state index in [1.54, 1.807) is 5.56 Å². The van der Waals surface area contributed by atoms with Crippen LogP contribution in [0.3, 0.4) is 0 Å². The third-order valence-corrected chi connectivity index (χ3v) is 8.11. The number of likely N-dealkylation sites (tertiary alicyclic amines) is 2. The summed E-state index contributed by atoms with van der Waals surface area (Å²) in [6, 6.07) is 18.3. The molecule has 4 atom stereocenters. The molecule has 0 radical (unpaired) electrons. The van der Waals surface area contributed by atoms with Crippen molar-refractivity contribution >= 4 is 11.4 Å². The molecule has 0 bridgehead atoms. The summed E-state index contributed by atoms with van der Waals surface area (Å²) in [6.45, 7) is 2.31. The summed E-state index contributed by atoms with van der Waals surface area (Å²) in [5, 5.41) is 3.92. The Hall–Kier alpha value is -2.04. The number of anilines is 2. The van der Waals surface area contributed by atoms with Gasteiger partial charge in [0.05, 0.1) is 12.3 Å². The smallest absolute Gasteiger partial charge is 0.0924 e. The molecule has 2 aromatic carbocycles. The maximum Gasteiger partial charge on any atom is 0.0924 e. The average molecular weight is 361 g/mol. The van der Waals surface area contributed by atoms with Crippen LogP contribution in [0, 0.1) is 0 Å². The van der Waals surface area contributed by atoms with E-state index in [2.05, 4.69) is 89.7 Å². The minimum absolute atomic E-state index is 0.106. The minimum Gasteiger partial charge on any atom is -0.369 e. The van der Waals surface area contributed by atoms with E-state index in [4.69, 9.17) is 0 Å². The fraction of sp³-hybridized carbons (Fsp3) is 0.478. The largest absolute Gasteiger partial charge is 0.369 e. The van der Waals surface area contributed by atoms with E-state index in [-0.39, 0.29) is 10.8 Å². The van der Waals surface area contributed by atoms with E-state index < -0.39 is 0 Å². The van der Waals surface area contributed by atoms with Gasteiger partial charge in [-0.1, -0.05) is 36.4 Å². The van der Waals surface area contributed by atoms with Gasteiger partial charge >= 0.3 is 0 Å². The zero-order valence-electron chi connectivity index (χ0n) is 16.4. The van der Waals surface area contributed by atoms with Crippen LogP contribution in [0.2, 0.25) is 0 Å². The molecule has 0 aliphatic carbocycles. The standard InChI is InChI=1S/C23H28N4/c1-25-14-12-22(16-8-4-6-10-18(16)24-20(22)25)23-13-15-26(2)21(23)27(3)19-11-7-5-9-17(19)23/h4-11,20-21,24H,12-15H2,1-3H3/t20-,21+,22+,23+/m0/s1. The summed E-state index contributed by atoms with van der Waals surface area (Å²) in [7, 11) is 6.90. The summed E-state index contributed by atoms with van der Waals surface area (Å²) in [5.41, 5.74) is 6.06. The molecule has 2 aromatic rings. The van der Waals surface area contributed by atoms with Crippen LogP contribution in [0.1, 0.15) is 24.0 Å². The van der Waals surface area contributed by atoms with Crippen molar-refractivity contribution in [2.75, 3.05) is 44.4 Å². The van der Waals surface area contributed by atoms with E-state index in [1.165, 1.54) is 29.8 Å². The highest BCUT2D eigenvalue weighted by molar-refractivity contribution is 5.72. The number of nitrogens with zero attached hydrogens (tertiary/aromatic N) is 3. The molecule has 2 fully saturated rings. The number of fused-ring (bicyclic) bond motifs is 7. The third kappa shape index (κ3) is 1.60. The first kappa shape index (κ1) is 16.0. The molecule has 0 aromatic heterocycles. The Kier molecular flexibility index (Phi) is 2.99. The van der Waals surface area contributed by atoms with Crippen molar-refractivity contribution in [3.63, 3.8) is 0 Å². The van der Waals surface area contributed by atoms with Crippen LogP contribution in [0.4, 0.5) is 11.4 Å². The van der Waals surface area contributed by atoms with Gasteiger partial charge in [0.2, 0.25) is 0 Å². The molecule has 6 rings (SSSR count). The molecule has 4 heterocycles. The van der Waals surface area contributed by atoms with Crippen LogP contribution in [0.5, 0.6) is 0 Å². The second kappa shape index (κ2) is 5.06. The fourth-order valence-corrected chi connectivity index (χ4v) is 7.23. The predicted octanol–water partition coefficient (Wildman–Crippen LogP) is 3.06. The average Bonchev–Trinajstić information content (AvgIpc) is 3.37. The molecule has 0 unspecified atom stereocenters. The first-order valence-corrected chi connectivity index (χ1v) is 10.2. The Bertz CT molecular complexity index is 926. The lowest BCUT2D eigenvalue weighted by Crippen LogP contribution is -2.61. The Morgan fingerprint density at radius 2 is 1.48 bits per heavy atom. The lowest BCUT2D eigenvalue weighted by atomic mass is 9.55. The molecule has 1 N–H and O–H groups in total. The van der Waals surface area contributed by atoms with E-state index in [9.17, 15) is 0 Å². The van der Waals surface area contributed by atoms with Crippen molar-refractivity contribution in [3.8, 4) is 0 Å². The highest BCUT2D eigenvalue weighted by atomic mass is 15.4. The Morgan fingerprint density at radius 1 is 0.815 bits per heavy atom. The zero-order chi connectivity index (χ0) is 18.4.